The van der Waals surface area contributed by atoms with Crippen LogP contribution in [0, 0.1) is 13.8 Å². The van der Waals surface area contributed by atoms with Crippen LogP contribution in [0.2, 0.25) is 0 Å². The van der Waals surface area contributed by atoms with Gasteiger partial charge in [0.25, 0.3) is 0 Å². The summed E-state index contributed by atoms with van der Waals surface area (Å²) in [6.07, 6.45) is 0. The predicted octanol–water partition coefficient (Wildman–Crippen LogP) is 2.84. The van der Waals surface area contributed by atoms with Crippen molar-refractivity contribution in [2.75, 3.05) is 6.61 Å². The molecule has 0 saturated carbocycles. The van der Waals surface area contributed by atoms with Crippen LogP contribution in [0.1, 0.15) is 28.5 Å². The second-order valence-corrected chi connectivity index (χ2v) is 5.18. The van der Waals surface area contributed by atoms with E-state index in [0.29, 0.717) is 22.2 Å². The van der Waals surface area contributed by atoms with Gasteiger partial charge in [-0.3, -0.25) is 4.98 Å². The van der Waals surface area contributed by atoms with E-state index in [0.717, 1.165) is 0 Å². The molecule has 0 radical (unpaired) electrons. The molecular weight excluding hydrogens is 298 g/mol. The fourth-order valence-corrected chi connectivity index (χ4v) is 2.76. The van der Waals surface area contributed by atoms with Crippen molar-refractivity contribution in [1.82, 2.24) is 4.98 Å². The summed E-state index contributed by atoms with van der Waals surface area (Å²) >= 11 is 0. The number of carbonyl (C=O) groups excluding carboxylic acids is 1. The van der Waals surface area contributed by atoms with E-state index in [4.69, 9.17) is 9.15 Å². The Morgan fingerprint density at radius 3 is 2.78 bits per heavy atom. The minimum Gasteiger partial charge on any atom is -0.504 e. The molecule has 1 N–H and O–H groups in total. The van der Waals surface area contributed by atoms with Crippen molar-refractivity contribution in [3.8, 4) is 5.75 Å². The molecule has 3 aromatic rings. The van der Waals surface area contributed by atoms with Crippen LogP contribution in [0.25, 0.3) is 21.9 Å². The van der Waals surface area contributed by atoms with Crippen LogP contribution in [-0.4, -0.2) is 22.7 Å². The molecule has 23 heavy (non-hydrogen) atoms. The molecule has 0 aliphatic rings. The van der Waals surface area contributed by atoms with Crippen LogP contribution in [0.4, 0.5) is 0 Å². The van der Waals surface area contributed by atoms with Crippen LogP contribution in [0.3, 0.4) is 0 Å². The average molecular weight is 313 g/mol. The third-order valence-corrected chi connectivity index (χ3v) is 3.76. The minimum absolute atomic E-state index is 0.0835. The number of hydrogen-bond donors (Lipinski definition) is 1. The summed E-state index contributed by atoms with van der Waals surface area (Å²) in [5.74, 6) is -0.652. The Hall–Kier alpha value is -2.89. The topological polar surface area (TPSA) is 89.6 Å². The number of esters is 1. The maximum atomic E-state index is 12.3. The Kier molecular flexibility index (Phi) is 3.52. The zero-order chi connectivity index (χ0) is 16.7. The van der Waals surface area contributed by atoms with Gasteiger partial charge in [0.05, 0.1) is 28.8 Å². The molecule has 0 aliphatic heterocycles. The van der Waals surface area contributed by atoms with Crippen molar-refractivity contribution in [2.24, 2.45) is 0 Å². The van der Waals surface area contributed by atoms with E-state index in [9.17, 15) is 14.7 Å². The van der Waals surface area contributed by atoms with Gasteiger partial charge in [-0.25, -0.2) is 9.59 Å². The van der Waals surface area contributed by atoms with E-state index >= 15 is 0 Å². The number of pyridine rings is 1. The lowest BCUT2D eigenvalue weighted by Gasteiger charge is -2.12. The molecule has 2 aromatic heterocycles. The lowest BCUT2D eigenvalue weighted by atomic mass is 10.0. The number of aryl methyl sites for hydroxylation is 2. The van der Waals surface area contributed by atoms with Crippen molar-refractivity contribution < 1.29 is 19.1 Å². The monoisotopic (exact) mass is 313 g/mol. The summed E-state index contributed by atoms with van der Waals surface area (Å²) in [7, 11) is 0. The van der Waals surface area contributed by atoms with Crippen LogP contribution < -0.4 is 5.63 Å². The number of aromatic hydroxyl groups is 1. The maximum absolute atomic E-state index is 12.3. The fraction of sp³-hybridized carbons (Fsp3) is 0.235. The van der Waals surface area contributed by atoms with Crippen molar-refractivity contribution in [2.45, 2.75) is 20.8 Å². The molecule has 0 saturated heterocycles. The zero-order valence-corrected chi connectivity index (χ0v) is 13.0. The zero-order valence-electron chi connectivity index (χ0n) is 13.0. The number of carbonyl (C=O) groups is 1. The summed E-state index contributed by atoms with van der Waals surface area (Å²) in [5, 5.41) is 10.6. The van der Waals surface area contributed by atoms with Crippen LogP contribution in [-0.2, 0) is 4.74 Å². The molecule has 0 amide bonds. The van der Waals surface area contributed by atoms with E-state index in [1.165, 1.54) is 6.07 Å². The smallest absolute Gasteiger partial charge is 0.346 e. The van der Waals surface area contributed by atoms with Gasteiger partial charge in [0, 0.05) is 5.39 Å². The van der Waals surface area contributed by atoms with E-state index in [1.807, 2.05) is 0 Å². The van der Waals surface area contributed by atoms with Gasteiger partial charge in [0.1, 0.15) is 0 Å². The van der Waals surface area contributed by atoms with Gasteiger partial charge in [-0.05, 0) is 38.5 Å². The molecule has 1 aromatic carbocycles. The Labute approximate surface area is 131 Å². The molecule has 6 nitrogen and oxygen atoms in total. The number of hydrogen-bond acceptors (Lipinski definition) is 6. The lowest BCUT2D eigenvalue weighted by Crippen LogP contribution is -2.14. The van der Waals surface area contributed by atoms with Gasteiger partial charge in [-0.15, -0.1) is 0 Å². The highest BCUT2D eigenvalue weighted by atomic mass is 16.5. The molecule has 118 valence electrons. The SMILES string of the molecule is CCOC(=O)c1c(C)nc2c(c1C)c(=O)oc1c(O)cccc12. The molecule has 0 atom stereocenters. The normalized spacial score (nSPS) is 11.1. The Morgan fingerprint density at radius 1 is 1.35 bits per heavy atom. The molecule has 0 spiro atoms. The molecular formula is C17H15NO5. The third-order valence-electron chi connectivity index (χ3n) is 3.76. The number of para-hydroxylation sites is 1. The first kappa shape index (κ1) is 15.0. The molecule has 0 bridgehead atoms. The molecule has 6 heteroatoms. The first-order valence-corrected chi connectivity index (χ1v) is 7.18. The minimum atomic E-state index is -0.649. The molecule has 3 rings (SSSR count). The fourth-order valence-electron chi connectivity index (χ4n) is 2.76. The van der Waals surface area contributed by atoms with Gasteiger partial charge in [-0.1, -0.05) is 6.07 Å². The maximum Gasteiger partial charge on any atom is 0.346 e. The summed E-state index contributed by atoms with van der Waals surface area (Å²) in [5.41, 5.74) is 1.03. The Bertz CT molecular complexity index is 1000. The Balaban J connectivity index is 2.49. The van der Waals surface area contributed by atoms with E-state index in [1.54, 1.807) is 32.9 Å². The average Bonchev–Trinajstić information content (AvgIpc) is 2.48. The first-order valence-electron chi connectivity index (χ1n) is 7.18. The van der Waals surface area contributed by atoms with Gasteiger partial charge in [-0.2, -0.15) is 0 Å². The number of ether oxygens (including phenoxy) is 1. The number of nitrogens with zero attached hydrogens (tertiary/aromatic N) is 1. The lowest BCUT2D eigenvalue weighted by molar-refractivity contribution is 0.0524. The Morgan fingerprint density at radius 2 is 2.09 bits per heavy atom. The van der Waals surface area contributed by atoms with Gasteiger partial charge in [0.15, 0.2) is 11.3 Å². The highest BCUT2D eigenvalue weighted by Crippen LogP contribution is 2.30. The van der Waals surface area contributed by atoms with Crippen LogP contribution in [0.15, 0.2) is 27.4 Å². The quantitative estimate of drug-likeness (QED) is 0.444. The molecule has 2 heterocycles. The van der Waals surface area contributed by atoms with Crippen molar-refractivity contribution in [3.05, 3.63) is 45.4 Å². The highest BCUT2D eigenvalue weighted by molar-refractivity contribution is 6.07. The molecule has 0 unspecified atom stereocenters. The second kappa shape index (κ2) is 5.39. The predicted molar refractivity (Wildman–Crippen MR) is 84.9 cm³/mol. The first-order chi connectivity index (χ1) is 11.0. The van der Waals surface area contributed by atoms with Gasteiger partial charge >= 0.3 is 11.6 Å². The van der Waals surface area contributed by atoms with Crippen molar-refractivity contribution in [3.63, 3.8) is 0 Å². The second-order valence-electron chi connectivity index (χ2n) is 5.18. The van der Waals surface area contributed by atoms with E-state index in [-0.39, 0.29) is 28.9 Å². The van der Waals surface area contributed by atoms with E-state index in [2.05, 4.69) is 4.98 Å². The summed E-state index contributed by atoms with van der Waals surface area (Å²) < 4.78 is 10.3. The van der Waals surface area contributed by atoms with Crippen LogP contribution >= 0.6 is 0 Å². The van der Waals surface area contributed by atoms with E-state index < -0.39 is 11.6 Å². The third kappa shape index (κ3) is 2.23. The van der Waals surface area contributed by atoms with Gasteiger partial charge in [0.2, 0.25) is 0 Å². The number of phenols is 1. The van der Waals surface area contributed by atoms with Crippen LogP contribution in [0.5, 0.6) is 5.75 Å². The number of rotatable bonds is 2. The molecule has 0 fully saturated rings. The van der Waals surface area contributed by atoms with Crippen molar-refractivity contribution in [1.29, 1.82) is 0 Å². The highest BCUT2D eigenvalue weighted by Gasteiger charge is 2.22. The largest absolute Gasteiger partial charge is 0.504 e. The summed E-state index contributed by atoms with van der Waals surface area (Å²) in [4.78, 5) is 28.9. The number of benzene rings is 1. The van der Waals surface area contributed by atoms with Crippen molar-refractivity contribution >= 4 is 27.8 Å². The number of fused-ring (bicyclic) bond motifs is 3. The number of phenolic OH excluding ortho intramolecular Hbond substituents is 1. The standard InChI is InChI=1S/C17H15NO5/c1-4-22-16(20)12-8(2)13-14(18-9(12)3)10-6-5-7-11(19)15(10)23-17(13)21/h5-7,19H,4H2,1-3H3. The van der Waals surface area contributed by atoms with Gasteiger partial charge < -0.3 is 14.3 Å². The molecule has 0 aliphatic carbocycles. The number of aromatic nitrogens is 1. The summed E-state index contributed by atoms with van der Waals surface area (Å²) in [6, 6.07) is 4.78. The summed E-state index contributed by atoms with van der Waals surface area (Å²) in [6.45, 7) is 5.29.